The number of rotatable bonds is 4. The maximum Gasteiger partial charge on any atom is 0.0674 e. The Bertz CT molecular complexity index is 132. The lowest BCUT2D eigenvalue weighted by molar-refractivity contribution is 0.113. The van der Waals surface area contributed by atoms with Crippen LogP contribution in [0.15, 0.2) is 0 Å². The molecule has 0 aliphatic carbocycles. The van der Waals surface area contributed by atoms with Gasteiger partial charge in [-0.2, -0.15) is 0 Å². The first-order chi connectivity index (χ1) is 5.72. The van der Waals surface area contributed by atoms with Crippen molar-refractivity contribution in [2.75, 3.05) is 19.8 Å². The molecular weight excluding hydrogens is 154 g/mol. The van der Waals surface area contributed by atoms with Crippen LogP contribution >= 0.6 is 0 Å². The van der Waals surface area contributed by atoms with Gasteiger partial charge in [0, 0.05) is 12.6 Å². The lowest BCUT2D eigenvalue weighted by Crippen LogP contribution is -2.52. The molecule has 0 saturated carbocycles. The Kier molecular flexibility index (Phi) is 3.50. The molecule has 1 saturated heterocycles. The number of hydrogen-bond donors (Lipinski definition) is 2. The van der Waals surface area contributed by atoms with Gasteiger partial charge in [-0.1, -0.05) is 6.92 Å². The molecule has 12 heavy (non-hydrogen) atoms. The van der Waals surface area contributed by atoms with Gasteiger partial charge in [-0.05, 0) is 19.8 Å². The summed E-state index contributed by atoms with van der Waals surface area (Å²) in [6, 6.07) is 0.457. The van der Waals surface area contributed by atoms with Crippen molar-refractivity contribution in [3.05, 3.63) is 0 Å². The second kappa shape index (κ2) is 4.21. The summed E-state index contributed by atoms with van der Waals surface area (Å²) >= 11 is 0. The average Bonchev–Trinajstić information content (AvgIpc) is 2.54. The maximum absolute atomic E-state index is 9.22. The van der Waals surface area contributed by atoms with E-state index in [4.69, 9.17) is 4.74 Å². The van der Waals surface area contributed by atoms with Crippen molar-refractivity contribution in [2.45, 2.75) is 38.3 Å². The topological polar surface area (TPSA) is 41.5 Å². The smallest absolute Gasteiger partial charge is 0.0674 e. The summed E-state index contributed by atoms with van der Waals surface area (Å²) in [6.07, 6.45) is 2.01. The molecule has 0 aromatic carbocycles. The zero-order valence-corrected chi connectivity index (χ0v) is 7.97. The first kappa shape index (κ1) is 9.96. The molecule has 72 valence electrons. The fourth-order valence-electron chi connectivity index (χ4n) is 1.52. The Morgan fingerprint density at radius 1 is 1.67 bits per heavy atom. The van der Waals surface area contributed by atoms with Gasteiger partial charge >= 0.3 is 0 Å². The van der Waals surface area contributed by atoms with Crippen molar-refractivity contribution < 1.29 is 9.84 Å². The molecule has 1 rings (SSSR count). The Hall–Kier alpha value is -0.120. The molecule has 1 fully saturated rings. The van der Waals surface area contributed by atoms with E-state index in [0.717, 1.165) is 19.4 Å². The first-order valence-electron chi connectivity index (χ1n) is 4.69. The fourth-order valence-corrected chi connectivity index (χ4v) is 1.52. The standard InChI is InChI=1S/C9H19NO2/c1-3-8(2)10-9(6-11)4-5-12-7-9/h8,10-11H,3-7H2,1-2H3. The monoisotopic (exact) mass is 173 g/mol. The molecule has 0 aromatic rings. The summed E-state index contributed by atoms with van der Waals surface area (Å²) < 4.78 is 5.27. The summed E-state index contributed by atoms with van der Waals surface area (Å²) in [5.74, 6) is 0. The van der Waals surface area contributed by atoms with E-state index in [1.54, 1.807) is 0 Å². The van der Waals surface area contributed by atoms with Crippen LogP contribution < -0.4 is 5.32 Å². The summed E-state index contributed by atoms with van der Waals surface area (Å²) in [7, 11) is 0. The van der Waals surface area contributed by atoms with Gasteiger partial charge in [0.15, 0.2) is 0 Å². The van der Waals surface area contributed by atoms with E-state index in [9.17, 15) is 5.11 Å². The molecule has 0 amide bonds. The number of nitrogens with one attached hydrogen (secondary N) is 1. The van der Waals surface area contributed by atoms with Gasteiger partial charge in [-0.3, -0.25) is 0 Å². The van der Waals surface area contributed by atoms with Gasteiger partial charge in [0.1, 0.15) is 0 Å². The minimum atomic E-state index is -0.157. The summed E-state index contributed by atoms with van der Waals surface area (Å²) in [5.41, 5.74) is -0.157. The molecule has 0 aromatic heterocycles. The Morgan fingerprint density at radius 3 is 2.83 bits per heavy atom. The van der Waals surface area contributed by atoms with Crippen LogP contribution in [0.25, 0.3) is 0 Å². The lowest BCUT2D eigenvalue weighted by atomic mass is 9.98. The van der Waals surface area contributed by atoms with E-state index in [1.807, 2.05) is 0 Å². The molecule has 2 unspecified atom stereocenters. The van der Waals surface area contributed by atoms with Crippen LogP contribution in [-0.4, -0.2) is 36.5 Å². The molecule has 3 nitrogen and oxygen atoms in total. The van der Waals surface area contributed by atoms with Crippen LogP contribution in [0.4, 0.5) is 0 Å². The fraction of sp³-hybridized carbons (Fsp3) is 1.00. The maximum atomic E-state index is 9.22. The number of ether oxygens (including phenoxy) is 1. The molecule has 1 aliphatic heterocycles. The van der Waals surface area contributed by atoms with Gasteiger partial charge in [0.05, 0.1) is 18.8 Å². The van der Waals surface area contributed by atoms with Crippen molar-refractivity contribution in [1.29, 1.82) is 0 Å². The number of aliphatic hydroxyl groups excluding tert-OH is 1. The zero-order valence-electron chi connectivity index (χ0n) is 7.97. The van der Waals surface area contributed by atoms with Crippen LogP contribution in [0.2, 0.25) is 0 Å². The van der Waals surface area contributed by atoms with Crippen molar-refractivity contribution in [3.63, 3.8) is 0 Å². The Morgan fingerprint density at radius 2 is 2.42 bits per heavy atom. The number of hydrogen-bond acceptors (Lipinski definition) is 3. The Balaban J connectivity index is 2.43. The lowest BCUT2D eigenvalue weighted by Gasteiger charge is -2.29. The summed E-state index contributed by atoms with van der Waals surface area (Å²) in [5, 5.41) is 12.6. The highest BCUT2D eigenvalue weighted by Crippen LogP contribution is 2.18. The summed E-state index contributed by atoms with van der Waals surface area (Å²) in [4.78, 5) is 0. The van der Waals surface area contributed by atoms with Crippen LogP contribution in [0.1, 0.15) is 26.7 Å². The van der Waals surface area contributed by atoms with Gasteiger partial charge < -0.3 is 15.2 Å². The first-order valence-corrected chi connectivity index (χ1v) is 4.69. The average molecular weight is 173 g/mol. The minimum absolute atomic E-state index is 0.157. The molecule has 1 aliphatic rings. The van der Waals surface area contributed by atoms with Gasteiger partial charge in [0.2, 0.25) is 0 Å². The normalized spacial score (nSPS) is 32.2. The van der Waals surface area contributed by atoms with Crippen LogP contribution in [0, 0.1) is 0 Å². The van der Waals surface area contributed by atoms with E-state index in [2.05, 4.69) is 19.2 Å². The molecule has 0 bridgehead atoms. The molecule has 0 radical (unpaired) electrons. The van der Waals surface area contributed by atoms with E-state index >= 15 is 0 Å². The predicted octanol–water partition coefficient (Wildman–Crippen LogP) is 0.526. The molecular formula is C9H19NO2. The summed E-state index contributed by atoms with van der Waals surface area (Å²) in [6.45, 7) is 5.86. The van der Waals surface area contributed by atoms with Crippen LogP contribution in [0.5, 0.6) is 0 Å². The molecule has 0 spiro atoms. The molecule has 2 N–H and O–H groups in total. The number of aliphatic hydroxyl groups is 1. The third kappa shape index (κ3) is 2.19. The quantitative estimate of drug-likeness (QED) is 0.651. The highest BCUT2D eigenvalue weighted by Gasteiger charge is 2.34. The predicted molar refractivity (Wildman–Crippen MR) is 48.1 cm³/mol. The molecule has 2 atom stereocenters. The third-order valence-electron chi connectivity index (χ3n) is 2.57. The van der Waals surface area contributed by atoms with Crippen molar-refractivity contribution >= 4 is 0 Å². The second-order valence-corrected chi connectivity index (χ2v) is 3.69. The molecule has 3 heteroatoms. The Labute approximate surface area is 74.1 Å². The van der Waals surface area contributed by atoms with E-state index in [-0.39, 0.29) is 12.1 Å². The van der Waals surface area contributed by atoms with Crippen LogP contribution in [0.3, 0.4) is 0 Å². The third-order valence-corrected chi connectivity index (χ3v) is 2.57. The highest BCUT2D eigenvalue weighted by molar-refractivity contribution is 4.92. The largest absolute Gasteiger partial charge is 0.394 e. The van der Waals surface area contributed by atoms with Gasteiger partial charge in [0.25, 0.3) is 0 Å². The van der Waals surface area contributed by atoms with E-state index in [0.29, 0.717) is 12.6 Å². The zero-order chi connectivity index (χ0) is 9.03. The SMILES string of the molecule is CCC(C)NC1(CO)CCOC1. The van der Waals surface area contributed by atoms with Gasteiger partial charge in [-0.25, -0.2) is 0 Å². The molecule has 1 heterocycles. The van der Waals surface area contributed by atoms with E-state index < -0.39 is 0 Å². The van der Waals surface area contributed by atoms with E-state index in [1.165, 1.54) is 0 Å². The van der Waals surface area contributed by atoms with Crippen molar-refractivity contribution in [2.24, 2.45) is 0 Å². The van der Waals surface area contributed by atoms with Crippen LogP contribution in [-0.2, 0) is 4.74 Å². The van der Waals surface area contributed by atoms with Crippen molar-refractivity contribution in [3.8, 4) is 0 Å². The highest BCUT2D eigenvalue weighted by atomic mass is 16.5. The second-order valence-electron chi connectivity index (χ2n) is 3.69. The minimum Gasteiger partial charge on any atom is -0.394 e. The van der Waals surface area contributed by atoms with Gasteiger partial charge in [-0.15, -0.1) is 0 Å². The van der Waals surface area contributed by atoms with Crippen molar-refractivity contribution in [1.82, 2.24) is 5.32 Å².